The molecule has 17 heavy (non-hydrogen) atoms. The van der Waals surface area contributed by atoms with Crippen molar-refractivity contribution in [3.8, 4) is 0 Å². The highest BCUT2D eigenvalue weighted by Crippen LogP contribution is 2.37. The molecule has 1 heterocycles. The van der Waals surface area contributed by atoms with Crippen LogP contribution < -0.4 is 0 Å². The van der Waals surface area contributed by atoms with Crippen molar-refractivity contribution < 1.29 is 14.2 Å². The van der Waals surface area contributed by atoms with Gasteiger partial charge in [-0.25, -0.2) is 4.98 Å². The SMILES string of the molecule is COC(OC)c1csc(C(OC)C(C)(C)C)n1. The molecule has 0 spiro atoms. The topological polar surface area (TPSA) is 40.6 Å². The van der Waals surface area contributed by atoms with E-state index in [1.54, 1.807) is 32.7 Å². The van der Waals surface area contributed by atoms with E-state index in [2.05, 4.69) is 25.8 Å². The molecule has 0 fully saturated rings. The summed E-state index contributed by atoms with van der Waals surface area (Å²) in [6.45, 7) is 6.39. The van der Waals surface area contributed by atoms with Gasteiger partial charge >= 0.3 is 0 Å². The first-order valence-electron chi connectivity index (χ1n) is 5.47. The smallest absolute Gasteiger partial charge is 0.201 e. The summed E-state index contributed by atoms with van der Waals surface area (Å²) < 4.78 is 15.9. The van der Waals surface area contributed by atoms with Crippen LogP contribution in [0.15, 0.2) is 5.38 Å². The van der Waals surface area contributed by atoms with Crippen molar-refractivity contribution in [1.82, 2.24) is 4.98 Å². The average molecular weight is 259 g/mol. The molecule has 0 aliphatic carbocycles. The van der Waals surface area contributed by atoms with Crippen molar-refractivity contribution in [3.05, 3.63) is 16.1 Å². The van der Waals surface area contributed by atoms with Crippen molar-refractivity contribution in [2.24, 2.45) is 5.41 Å². The Kier molecular flexibility index (Phi) is 5.06. The lowest BCUT2D eigenvalue weighted by atomic mass is 9.89. The summed E-state index contributed by atoms with van der Waals surface area (Å²) in [5.41, 5.74) is 0.806. The van der Waals surface area contributed by atoms with E-state index in [4.69, 9.17) is 14.2 Å². The van der Waals surface area contributed by atoms with E-state index in [1.165, 1.54) is 0 Å². The minimum absolute atomic E-state index is 0.0134. The molecule has 1 unspecified atom stereocenters. The molecule has 0 N–H and O–H groups in total. The molecule has 0 saturated carbocycles. The Morgan fingerprint density at radius 2 is 1.71 bits per heavy atom. The van der Waals surface area contributed by atoms with Crippen LogP contribution >= 0.6 is 11.3 Å². The zero-order chi connectivity index (χ0) is 13.1. The predicted octanol–water partition coefficient (Wildman–Crippen LogP) is 3.17. The highest BCUT2D eigenvalue weighted by molar-refractivity contribution is 7.09. The molecular formula is C12H21NO3S. The molecule has 1 rings (SSSR count). The highest BCUT2D eigenvalue weighted by Gasteiger charge is 2.29. The van der Waals surface area contributed by atoms with E-state index < -0.39 is 6.29 Å². The molecule has 0 aromatic carbocycles. The molecule has 4 nitrogen and oxygen atoms in total. The Balaban J connectivity index is 2.93. The molecule has 0 bridgehead atoms. The van der Waals surface area contributed by atoms with Gasteiger partial charge in [0.15, 0.2) is 0 Å². The van der Waals surface area contributed by atoms with Gasteiger partial charge in [-0.15, -0.1) is 11.3 Å². The largest absolute Gasteiger partial charge is 0.374 e. The van der Waals surface area contributed by atoms with Gasteiger partial charge in [-0.3, -0.25) is 0 Å². The second-order valence-corrected chi connectivity index (χ2v) is 5.79. The number of hydrogen-bond acceptors (Lipinski definition) is 5. The first-order valence-corrected chi connectivity index (χ1v) is 6.35. The Morgan fingerprint density at radius 3 is 2.12 bits per heavy atom. The first-order chi connectivity index (χ1) is 7.93. The van der Waals surface area contributed by atoms with Gasteiger partial charge in [0, 0.05) is 26.7 Å². The standard InChI is InChI=1S/C12H21NO3S/c1-12(2,3)9(14-4)10-13-8(7-17-10)11(15-5)16-6/h7,9,11H,1-6H3. The monoisotopic (exact) mass is 259 g/mol. The van der Waals surface area contributed by atoms with Gasteiger partial charge in [-0.05, 0) is 5.41 Å². The third-order valence-electron chi connectivity index (χ3n) is 2.46. The summed E-state index contributed by atoms with van der Waals surface area (Å²) in [7, 11) is 4.91. The summed E-state index contributed by atoms with van der Waals surface area (Å²) in [6, 6.07) is 0. The molecule has 1 atom stereocenters. The maximum absolute atomic E-state index is 5.53. The lowest BCUT2D eigenvalue weighted by Crippen LogP contribution is -2.20. The number of rotatable bonds is 5. The molecular weight excluding hydrogens is 238 g/mol. The molecule has 1 aromatic rings. The van der Waals surface area contributed by atoms with Gasteiger partial charge in [0.25, 0.3) is 0 Å². The normalized spacial score (nSPS) is 14.3. The lowest BCUT2D eigenvalue weighted by Gasteiger charge is -2.27. The Bertz CT molecular complexity index is 342. The maximum atomic E-state index is 5.53. The summed E-state index contributed by atoms with van der Waals surface area (Å²) in [5, 5.41) is 2.90. The lowest BCUT2D eigenvalue weighted by molar-refractivity contribution is -0.108. The van der Waals surface area contributed by atoms with Crippen LogP contribution in [0.1, 0.15) is 43.9 Å². The summed E-state index contributed by atoms with van der Waals surface area (Å²) in [5.74, 6) is 0. The Morgan fingerprint density at radius 1 is 1.12 bits per heavy atom. The quantitative estimate of drug-likeness (QED) is 0.762. The number of nitrogens with zero attached hydrogens (tertiary/aromatic N) is 1. The van der Waals surface area contributed by atoms with E-state index in [0.717, 1.165) is 10.7 Å². The van der Waals surface area contributed by atoms with Gasteiger partial charge in [-0.2, -0.15) is 0 Å². The van der Waals surface area contributed by atoms with E-state index >= 15 is 0 Å². The Hall–Kier alpha value is -0.490. The van der Waals surface area contributed by atoms with E-state index in [9.17, 15) is 0 Å². The van der Waals surface area contributed by atoms with E-state index in [-0.39, 0.29) is 11.5 Å². The number of methoxy groups -OCH3 is 3. The van der Waals surface area contributed by atoms with Crippen LogP contribution in [-0.2, 0) is 14.2 Å². The molecule has 0 radical (unpaired) electrons. The molecule has 5 heteroatoms. The third kappa shape index (κ3) is 3.48. The molecule has 1 aromatic heterocycles. The average Bonchev–Trinajstić information content (AvgIpc) is 2.68. The van der Waals surface area contributed by atoms with E-state index in [0.29, 0.717) is 0 Å². The second kappa shape index (κ2) is 5.91. The highest BCUT2D eigenvalue weighted by atomic mass is 32.1. The van der Waals surface area contributed by atoms with Gasteiger partial charge in [0.1, 0.15) is 16.8 Å². The van der Waals surface area contributed by atoms with Crippen molar-refractivity contribution in [3.63, 3.8) is 0 Å². The summed E-state index contributed by atoms with van der Waals surface area (Å²) in [6.07, 6.45) is -0.423. The van der Waals surface area contributed by atoms with Crippen LogP contribution in [-0.4, -0.2) is 26.3 Å². The van der Waals surface area contributed by atoms with Crippen molar-refractivity contribution in [2.75, 3.05) is 21.3 Å². The van der Waals surface area contributed by atoms with Crippen LogP contribution in [0.4, 0.5) is 0 Å². The third-order valence-corrected chi connectivity index (χ3v) is 3.36. The molecule has 0 amide bonds. The summed E-state index contributed by atoms with van der Waals surface area (Å²) >= 11 is 1.57. The van der Waals surface area contributed by atoms with Crippen molar-refractivity contribution in [2.45, 2.75) is 33.2 Å². The van der Waals surface area contributed by atoms with Gasteiger partial charge in [-0.1, -0.05) is 20.8 Å². The van der Waals surface area contributed by atoms with Crippen LogP contribution in [0.5, 0.6) is 0 Å². The van der Waals surface area contributed by atoms with Gasteiger partial charge in [0.05, 0.1) is 0 Å². The minimum Gasteiger partial charge on any atom is -0.374 e. The van der Waals surface area contributed by atoms with Crippen LogP contribution in [0, 0.1) is 5.41 Å². The zero-order valence-corrected chi connectivity index (χ0v) is 12.1. The number of ether oxygens (including phenoxy) is 3. The molecule has 0 saturated heterocycles. The number of aromatic nitrogens is 1. The fourth-order valence-electron chi connectivity index (χ4n) is 1.69. The fourth-order valence-corrected chi connectivity index (χ4v) is 2.83. The number of hydrogen-bond donors (Lipinski definition) is 0. The Labute approximate surface area is 107 Å². The maximum Gasteiger partial charge on any atom is 0.201 e. The predicted molar refractivity (Wildman–Crippen MR) is 68.1 cm³/mol. The van der Waals surface area contributed by atoms with Crippen LogP contribution in [0.2, 0.25) is 0 Å². The molecule has 98 valence electrons. The van der Waals surface area contributed by atoms with Crippen LogP contribution in [0.25, 0.3) is 0 Å². The second-order valence-electron chi connectivity index (χ2n) is 4.90. The molecule has 0 aliphatic rings. The number of thiazole rings is 1. The van der Waals surface area contributed by atoms with E-state index in [1.807, 2.05) is 5.38 Å². The van der Waals surface area contributed by atoms with Gasteiger partial charge in [0.2, 0.25) is 6.29 Å². The first kappa shape index (κ1) is 14.6. The van der Waals surface area contributed by atoms with Gasteiger partial charge < -0.3 is 14.2 Å². The zero-order valence-electron chi connectivity index (χ0n) is 11.3. The minimum atomic E-state index is -0.405. The summed E-state index contributed by atoms with van der Waals surface area (Å²) in [4.78, 5) is 4.53. The van der Waals surface area contributed by atoms with Crippen molar-refractivity contribution in [1.29, 1.82) is 0 Å². The molecule has 0 aliphatic heterocycles. The van der Waals surface area contributed by atoms with Crippen molar-refractivity contribution >= 4 is 11.3 Å². The fraction of sp³-hybridized carbons (Fsp3) is 0.750. The van der Waals surface area contributed by atoms with Crippen LogP contribution in [0.3, 0.4) is 0 Å².